The van der Waals surface area contributed by atoms with E-state index in [9.17, 15) is 4.79 Å². The Bertz CT molecular complexity index is 1200. The van der Waals surface area contributed by atoms with Crippen molar-refractivity contribution in [3.63, 3.8) is 0 Å². The monoisotopic (exact) mass is 442 g/mol. The third kappa shape index (κ3) is 5.58. The van der Waals surface area contributed by atoms with Crippen LogP contribution in [0.4, 0.5) is 0 Å². The topological polar surface area (TPSA) is 69.0 Å². The summed E-state index contributed by atoms with van der Waals surface area (Å²) < 4.78 is 8.28. The SMILES string of the molecule is CC(C)c1ccccc1OCCCCn1c(CNC(=O)c2ccncc2)nc2ccccc21. The fourth-order valence-corrected chi connectivity index (χ4v) is 3.92. The number of pyridine rings is 1. The van der Waals surface area contributed by atoms with Gasteiger partial charge in [0.15, 0.2) is 0 Å². The van der Waals surface area contributed by atoms with Gasteiger partial charge < -0.3 is 14.6 Å². The first-order chi connectivity index (χ1) is 16.1. The molecule has 0 saturated carbocycles. The number of rotatable bonds is 10. The van der Waals surface area contributed by atoms with Crippen LogP contribution in [0.5, 0.6) is 5.75 Å². The zero-order valence-electron chi connectivity index (χ0n) is 19.2. The van der Waals surface area contributed by atoms with Crippen LogP contribution in [0, 0.1) is 0 Å². The van der Waals surface area contributed by atoms with E-state index in [-0.39, 0.29) is 5.91 Å². The summed E-state index contributed by atoms with van der Waals surface area (Å²) in [6.07, 6.45) is 5.12. The maximum Gasteiger partial charge on any atom is 0.251 e. The number of nitrogens with one attached hydrogen (secondary N) is 1. The van der Waals surface area contributed by atoms with Crippen molar-refractivity contribution in [2.45, 2.75) is 45.7 Å². The largest absolute Gasteiger partial charge is 0.493 e. The molecular weight excluding hydrogens is 412 g/mol. The second kappa shape index (κ2) is 10.8. The lowest BCUT2D eigenvalue weighted by atomic mass is 10.0. The minimum atomic E-state index is -0.131. The van der Waals surface area contributed by atoms with E-state index < -0.39 is 0 Å². The van der Waals surface area contributed by atoms with Crippen LogP contribution < -0.4 is 10.1 Å². The first kappa shape index (κ1) is 22.5. The number of fused-ring (bicyclic) bond motifs is 1. The van der Waals surface area contributed by atoms with E-state index in [1.54, 1.807) is 24.5 Å². The number of carbonyl (C=O) groups excluding carboxylic acids is 1. The summed E-state index contributed by atoms with van der Waals surface area (Å²) >= 11 is 0. The standard InChI is InChI=1S/C27H30N4O2/c1-20(2)22-9-3-6-12-25(22)33-18-8-7-17-31-24-11-5-4-10-23(24)30-26(31)19-29-27(32)21-13-15-28-16-14-21/h3-6,9-16,20H,7-8,17-19H2,1-2H3,(H,29,32). The van der Waals surface area contributed by atoms with Crippen LogP contribution in [-0.4, -0.2) is 27.0 Å². The van der Waals surface area contributed by atoms with Gasteiger partial charge in [-0.1, -0.05) is 44.2 Å². The molecule has 0 aliphatic carbocycles. The fraction of sp³-hybridized carbons (Fsp3) is 0.296. The average Bonchev–Trinajstić information content (AvgIpc) is 3.20. The molecule has 1 amide bonds. The molecule has 2 heterocycles. The Hall–Kier alpha value is -3.67. The molecule has 0 aliphatic rings. The summed E-state index contributed by atoms with van der Waals surface area (Å²) in [4.78, 5) is 21.2. The number of para-hydroxylation sites is 3. The van der Waals surface area contributed by atoms with Crippen molar-refractivity contribution in [3.05, 3.63) is 90.0 Å². The van der Waals surface area contributed by atoms with Gasteiger partial charge in [0.2, 0.25) is 0 Å². The molecule has 0 fully saturated rings. The fourth-order valence-electron chi connectivity index (χ4n) is 3.92. The summed E-state index contributed by atoms with van der Waals surface area (Å²) in [5, 5.41) is 2.98. The molecule has 0 bridgehead atoms. The van der Waals surface area contributed by atoms with Crippen molar-refractivity contribution in [3.8, 4) is 5.75 Å². The minimum Gasteiger partial charge on any atom is -0.493 e. The Kier molecular flexibility index (Phi) is 7.35. The van der Waals surface area contributed by atoms with Crippen molar-refractivity contribution < 1.29 is 9.53 Å². The number of imidazole rings is 1. The Balaban J connectivity index is 1.37. The first-order valence-corrected chi connectivity index (χ1v) is 11.5. The van der Waals surface area contributed by atoms with Gasteiger partial charge in [-0.15, -0.1) is 0 Å². The highest BCUT2D eigenvalue weighted by Gasteiger charge is 2.12. The van der Waals surface area contributed by atoms with Gasteiger partial charge in [0.1, 0.15) is 11.6 Å². The van der Waals surface area contributed by atoms with E-state index in [0.717, 1.165) is 42.0 Å². The van der Waals surface area contributed by atoms with Crippen LogP contribution in [0.3, 0.4) is 0 Å². The highest BCUT2D eigenvalue weighted by molar-refractivity contribution is 5.93. The second-order valence-electron chi connectivity index (χ2n) is 8.34. The molecule has 170 valence electrons. The zero-order chi connectivity index (χ0) is 23.0. The molecule has 33 heavy (non-hydrogen) atoms. The lowest BCUT2D eigenvalue weighted by Crippen LogP contribution is -2.24. The van der Waals surface area contributed by atoms with Crippen LogP contribution in [0.1, 0.15) is 54.4 Å². The number of amides is 1. The van der Waals surface area contributed by atoms with Gasteiger partial charge in [-0.25, -0.2) is 4.98 Å². The van der Waals surface area contributed by atoms with Crippen molar-refractivity contribution >= 4 is 16.9 Å². The Labute approximate surface area is 194 Å². The molecule has 4 aromatic rings. The van der Waals surface area contributed by atoms with Crippen molar-refractivity contribution in [1.29, 1.82) is 0 Å². The maximum atomic E-state index is 12.5. The third-order valence-electron chi connectivity index (χ3n) is 5.66. The van der Waals surface area contributed by atoms with Crippen molar-refractivity contribution in [1.82, 2.24) is 19.9 Å². The molecule has 0 saturated heterocycles. The van der Waals surface area contributed by atoms with Gasteiger partial charge in [-0.3, -0.25) is 9.78 Å². The molecule has 2 aromatic carbocycles. The number of aromatic nitrogens is 3. The van der Waals surface area contributed by atoms with Crippen LogP contribution in [0.25, 0.3) is 11.0 Å². The first-order valence-electron chi connectivity index (χ1n) is 11.5. The van der Waals surface area contributed by atoms with Gasteiger partial charge in [-0.2, -0.15) is 0 Å². The third-order valence-corrected chi connectivity index (χ3v) is 5.66. The normalized spacial score (nSPS) is 11.1. The molecular formula is C27H30N4O2. The summed E-state index contributed by atoms with van der Waals surface area (Å²) in [5.41, 5.74) is 3.85. The van der Waals surface area contributed by atoms with E-state index in [1.165, 1.54) is 5.56 Å². The van der Waals surface area contributed by atoms with E-state index in [1.807, 2.05) is 30.3 Å². The Morgan fingerprint density at radius 1 is 1.00 bits per heavy atom. The molecule has 0 atom stereocenters. The smallest absolute Gasteiger partial charge is 0.251 e. The highest BCUT2D eigenvalue weighted by Crippen LogP contribution is 2.26. The number of ether oxygens (including phenoxy) is 1. The molecule has 0 radical (unpaired) electrons. The number of benzene rings is 2. The van der Waals surface area contributed by atoms with Crippen LogP contribution in [-0.2, 0) is 13.1 Å². The van der Waals surface area contributed by atoms with Gasteiger partial charge in [-0.05, 0) is 54.7 Å². The average molecular weight is 443 g/mol. The van der Waals surface area contributed by atoms with Crippen molar-refractivity contribution in [2.75, 3.05) is 6.61 Å². The maximum absolute atomic E-state index is 12.5. The predicted octanol–water partition coefficient (Wildman–Crippen LogP) is 5.34. The molecule has 0 unspecified atom stereocenters. The minimum absolute atomic E-state index is 0.131. The number of hydrogen-bond donors (Lipinski definition) is 1. The molecule has 6 nitrogen and oxygen atoms in total. The predicted molar refractivity (Wildman–Crippen MR) is 130 cm³/mol. The van der Waals surface area contributed by atoms with Crippen molar-refractivity contribution in [2.24, 2.45) is 0 Å². The van der Waals surface area contributed by atoms with E-state index in [4.69, 9.17) is 9.72 Å². The summed E-state index contributed by atoms with van der Waals surface area (Å²) in [5.74, 6) is 2.13. The van der Waals surface area contributed by atoms with Gasteiger partial charge in [0, 0.05) is 24.5 Å². The molecule has 6 heteroatoms. The van der Waals surface area contributed by atoms with Crippen LogP contribution >= 0.6 is 0 Å². The highest BCUT2D eigenvalue weighted by atomic mass is 16.5. The summed E-state index contributed by atoms with van der Waals surface area (Å²) in [7, 11) is 0. The number of nitrogens with zero attached hydrogens (tertiary/aromatic N) is 3. The van der Waals surface area contributed by atoms with E-state index in [0.29, 0.717) is 24.6 Å². The second-order valence-corrected chi connectivity index (χ2v) is 8.34. The van der Waals surface area contributed by atoms with E-state index in [2.05, 4.69) is 46.9 Å². The molecule has 1 N–H and O–H groups in total. The molecule has 2 aromatic heterocycles. The molecule has 4 rings (SSSR count). The quantitative estimate of drug-likeness (QED) is 0.337. The van der Waals surface area contributed by atoms with Crippen LogP contribution in [0.15, 0.2) is 73.1 Å². The zero-order valence-corrected chi connectivity index (χ0v) is 19.2. The van der Waals surface area contributed by atoms with Crippen LogP contribution in [0.2, 0.25) is 0 Å². The van der Waals surface area contributed by atoms with Gasteiger partial charge >= 0.3 is 0 Å². The summed E-state index contributed by atoms with van der Waals surface area (Å²) in [6.45, 7) is 6.22. The van der Waals surface area contributed by atoms with E-state index >= 15 is 0 Å². The number of carbonyl (C=O) groups is 1. The Morgan fingerprint density at radius 2 is 1.76 bits per heavy atom. The molecule has 0 spiro atoms. The lowest BCUT2D eigenvalue weighted by Gasteiger charge is -2.14. The number of unbranched alkanes of at least 4 members (excludes halogenated alkanes) is 1. The number of aryl methyl sites for hydroxylation is 1. The Morgan fingerprint density at radius 3 is 2.58 bits per heavy atom. The number of hydrogen-bond acceptors (Lipinski definition) is 4. The van der Waals surface area contributed by atoms with Gasteiger partial charge in [0.05, 0.1) is 24.2 Å². The molecule has 0 aliphatic heterocycles. The summed E-state index contributed by atoms with van der Waals surface area (Å²) in [6, 6.07) is 19.7. The van der Waals surface area contributed by atoms with Gasteiger partial charge in [0.25, 0.3) is 5.91 Å². The lowest BCUT2D eigenvalue weighted by molar-refractivity contribution is 0.0949.